The third-order valence-electron chi connectivity index (χ3n) is 3.81. The lowest BCUT2D eigenvalue weighted by Gasteiger charge is -2.20. The van der Waals surface area contributed by atoms with E-state index in [4.69, 9.17) is 22.7 Å². The molecule has 3 N–H and O–H groups in total. The summed E-state index contributed by atoms with van der Waals surface area (Å²) in [5.74, 6) is 0.306. The Morgan fingerprint density at radius 1 is 1.37 bits per heavy atom. The molecule has 5 heteroatoms. The Kier molecular flexibility index (Phi) is 3.41. The van der Waals surface area contributed by atoms with E-state index in [-0.39, 0.29) is 23.0 Å². The Morgan fingerprint density at radius 3 is 2.79 bits per heavy atom. The maximum atomic E-state index is 13.8. The minimum atomic E-state index is -0.376. The normalized spacial score (nSPS) is 26.4. The Hall–Kier alpha value is -1.20. The van der Waals surface area contributed by atoms with Gasteiger partial charge in [-0.15, -0.1) is 0 Å². The van der Waals surface area contributed by atoms with Crippen molar-refractivity contribution in [2.45, 2.75) is 31.4 Å². The SMILES string of the molecule is NC(=S)c1ccc(NC2CCOC2C2CC2)cc1F. The average molecular weight is 280 g/mol. The molecule has 102 valence electrons. The van der Waals surface area contributed by atoms with Gasteiger partial charge in [-0.25, -0.2) is 4.39 Å². The molecule has 1 aromatic carbocycles. The van der Waals surface area contributed by atoms with Crippen LogP contribution in [-0.4, -0.2) is 23.7 Å². The molecule has 1 aromatic rings. The monoisotopic (exact) mass is 280 g/mol. The van der Waals surface area contributed by atoms with Crippen molar-refractivity contribution in [2.24, 2.45) is 11.7 Å². The van der Waals surface area contributed by atoms with Crippen LogP contribution in [0.15, 0.2) is 18.2 Å². The first-order chi connectivity index (χ1) is 9.15. The predicted octanol–water partition coefficient (Wildman–Crippen LogP) is 2.44. The van der Waals surface area contributed by atoms with E-state index in [0.29, 0.717) is 11.5 Å². The number of nitrogens with one attached hydrogen (secondary N) is 1. The zero-order valence-electron chi connectivity index (χ0n) is 10.6. The van der Waals surface area contributed by atoms with Crippen molar-refractivity contribution in [1.82, 2.24) is 0 Å². The molecule has 2 unspecified atom stereocenters. The summed E-state index contributed by atoms with van der Waals surface area (Å²) in [4.78, 5) is 0.0871. The van der Waals surface area contributed by atoms with Gasteiger partial charge in [0.25, 0.3) is 0 Å². The standard InChI is InChI=1S/C14H17FN2OS/c15-11-7-9(3-4-10(11)14(16)19)17-12-5-6-18-13(12)8-1-2-8/h3-4,7-8,12-13,17H,1-2,5-6H2,(H2,16,19). The van der Waals surface area contributed by atoms with Crippen molar-refractivity contribution in [3.05, 3.63) is 29.6 Å². The summed E-state index contributed by atoms with van der Waals surface area (Å²) < 4.78 is 19.6. The van der Waals surface area contributed by atoms with Crippen LogP contribution in [0.2, 0.25) is 0 Å². The minimum Gasteiger partial charge on any atom is -0.389 e. The number of anilines is 1. The first-order valence-corrected chi connectivity index (χ1v) is 7.03. The number of benzene rings is 1. The van der Waals surface area contributed by atoms with Crippen molar-refractivity contribution in [1.29, 1.82) is 0 Å². The van der Waals surface area contributed by atoms with Crippen LogP contribution < -0.4 is 11.1 Å². The molecule has 1 aliphatic heterocycles. The Bertz CT molecular complexity index is 504. The van der Waals surface area contributed by atoms with Gasteiger partial charge in [-0.05, 0) is 43.4 Å². The fourth-order valence-corrected chi connectivity index (χ4v) is 2.84. The van der Waals surface area contributed by atoms with Crippen molar-refractivity contribution in [3.8, 4) is 0 Å². The molecule has 0 bridgehead atoms. The van der Waals surface area contributed by atoms with E-state index >= 15 is 0 Å². The molecule has 0 spiro atoms. The highest BCUT2D eigenvalue weighted by molar-refractivity contribution is 7.80. The molecule has 3 rings (SSSR count). The Morgan fingerprint density at radius 2 is 2.16 bits per heavy atom. The summed E-state index contributed by atoms with van der Waals surface area (Å²) in [7, 11) is 0. The van der Waals surface area contributed by atoms with Gasteiger partial charge in [-0.3, -0.25) is 0 Å². The lowest BCUT2D eigenvalue weighted by atomic mass is 10.1. The number of rotatable bonds is 4. The van der Waals surface area contributed by atoms with Crippen molar-refractivity contribution in [3.63, 3.8) is 0 Å². The molecule has 19 heavy (non-hydrogen) atoms. The molecule has 0 amide bonds. The minimum absolute atomic E-state index is 0.0871. The van der Waals surface area contributed by atoms with Crippen LogP contribution in [0.25, 0.3) is 0 Å². The highest BCUT2D eigenvalue weighted by atomic mass is 32.1. The average Bonchev–Trinajstić information content (AvgIpc) is 3.10. The molecule has 2 fully saturated rings. The van der Waals surface area contributed by atoms with E-state index < -0.39 is 0 Å². The number of halogens is 1. The fraction of sp³-hybridized carbons (Fsp3) is 0.500. The van der Waals surface area contributed by atoms with E-state index in [0.717, 1.165) is 18.7 Å². The van der Waals surface area contributed by atoms with Gasteiger partial charge in [0, 0.05) is 17.9 Å². The van der Waals surface area contributed by atoms with Crippen molar-refractivity contribution >= 4 is 22.9 Å². The number of ether oxygens (including phenoxy) is 1. The van der Waals surface area contributed by atoms with Crippen molar-refractivity contribution in [2.75, 3.05) is 11.9 Å². The summed E-state index contributed by atoms with van der Waals surface area (Å²) in [5, 5.41) is 3.37. The highest BCUT2D eigenvalue weighted by Gasteiger charge is 2.40. The van der Waals surface area contributed by atoms with Crippen LogP contribution in [0, 0.1) is 11.7 Å². The first kappa shape index (κ1) is 12.8. The third-order valence-corrected chi connectivity index (χ3v) is 4.03. The van der Waals surface area contributed by atoms with Gasteiger partial charge >= 0.3 is 0 Å². The number of thiocarbonyl (C=S) groups is 1. The molecule has 1 aliphatic carbocycles. The smallest absolute Gasteiger partial charge is 0.135 e. The van der Waals surface area contributed by atoms with Crippen LogP contribution >= 0.6 is 12.2 Å². The molecule has 3 nitrogen and oxygen atoms in total. The van der Waals surface area contributed by atoms with Gasteiger partial charge in [-0.2, -0.15) is 0 Å². The molecule has 0 aromatic heterocycles. The Labute approximate surface area is 117 Å². The van der Waals surface area contributed by atoms with E-state index in [2.05, 4.69) is 5.32 Å². The largest absolute Gasteiger partial charge is 0.389 e. The van der Waals surface area contributed by atoms with E-state index in [1.165, 1.54) is 18.9 Å². The van der Waals surface area contributed by atoms with Gasteiger partial charge in [0.1, 0.15) is 10.8 Å². The second-order valence-electron chi connectivity index (χ2n) is 5.27. The maximum absolute atomic E-state index is 13.8. The van der Waals surface area contributed by atoms with Crippen LogP contribution in [0.4, 0.5) is 10.1 Å². The molecular formula is C14H17FN2OS. The van der Waals surface area contributed by atoms with Crippen LogP contribution in [0.1, 0.15) is 24.8 Å². The second kappa shape index (κ2) is 5.06. The summed E-state index contributed by atoms with van der Waals surface area (Å²) >= 11 is 4.79. The summed E-state index contributed by atoms with van der Waals surface area (Å²) in [6.45, 7) is 0.784. The zero-order valence-corrected chi connectivity index (χ0v) is 11.4. The molecule has 1 heterocycles. The lowest BCUT2D eigenvalue weighted by Crippen LogP contribution is -2.31. The second-order valence-corrected chi connectivity index (χ2v) is 5.71. The van der Waals surface area contributed by atoms with Gasteiger partial charge in [0.05, 0.1) is 12.1 Å². The van der Waals surface area contributed by atoms with Crippen molar-refractivity contribution < 1.29 is 9.13 Å². The van der Waals surface area contributed by atoms with Gasteiger partial charge in [0.2, 0.25) is 0 Å². The number of nitrogens with two attached hydrogens (primary N) is 1. The van der Waals surface area contributed by atoms with Crippen LogP contribution in [-0.2, 0) is 4.74 Å². The summed E-state index contributed by atoms with van der Waals surface area (Å²) in [5.41, 5.74) is 6.51. The highest BCUT2D eigenvalue weighted by Crippen LogP contribution is 2.39. The Balaban J connectivity index is 1.72. The third kappa shape index (κ3) is 2.72. The lowest BCUT2D eigenvalue weighted by molar-refractivity contribution is 0.0898. The van der Waals surface area contributed by atoms with Crippen LogP contribution in [0.3, 0.4) is 0 Å². The van der Waals surface area contributed by atoms with Gasteiger partial charge < -0.3 is 15.8 Å². The quantitative estimate of drug-likeness (QED) is 0.832. The van der Waals surface area contributed by atoms with E-state index in [1.54, 1.807) is 6.07 Å². The molecule has 1 saturated carbocycles. The summed E-state index contributed by atoms with van der Waals surface area (Å²) in [6.07, 6.45) is 3.74. The predicted molar refractivity (Wildman–Crippen MR) is 76.8 cm³/mol. The zero-order chi connectivity index (χ0) is 13.4. The first-order valence-electron chi connectivity index (χ1n) is 6.62. The van der Waals surface area contributed by atoms with E-state index in [1.807, 2.05) is 6.07 Å². The summed E-state index contributed by atoms with van der Waals surface area (Å²) in [6, 6.07) is 5.18. The molecule has 1 saturated heterocycles. The maximum Gasteiger partial charge on any atom is 0.135 e. The van der Waals surface area contributed by atoms with Crippen LogP contribution in [0.5, 0.6) is 0 Å². The molecule has 2 atom stereocenters. The van der Waals surface area contributed by atoms with Gasteiger partial charge in [0.15, 0.2) is 0 Å². The van der Waals surface area contributed by atoms with E-state index in [9.17, 15) is 4.39 Å². The topological polar surface area (TPSA) is 47.3 Å². The fourth-order valence-electron chi connectivity index (χ4n) is 2.67. The number of hydrogen-bond acceptors (Lipinski definition) is 3. The molecular weight excluding hydrogens is 263 g/mol. The number of hydrogen-bond donors (Lipinski definition) is 2. The van der Waals surface area contributed by atoms with Gasteiger partial charge in [-0.1, -0.05) is 12.2 Å². The molecule has 0 radical (unpaired) electrons. The molecule has 2 aliphatic rings.